The summed E-state index contributed by atoms with van der Waals surface area (Å²) < 4.78 is 4.78. The molecular formula is C59H37N5. The highest BCUT2D eigenvalue weighted by atomic mass is 15.0. The summed E-state index contributed by atoms with van der Waals surface area (Å²) in [6.45, 7) is 0. The number of pyridine rings is 3. The first-order valence-corrected chi connectivity index (χ1v) is 21.7. The van der Waals surface area contributed by atoms with Crippen LogP contribution in [0.2, 0.25) is 0 Å². The Labute approximate surface area is 368 Å². The summed E-state index contributed by atoms with van der Waals surface area (Å²) in [5, 5.41) is 8.22. The lowest BCUT2D eigenvalue weighted by atomic mass is 9.85. The molecule has 5 heteroatoms. The van der Waals surface area contributed by atoms with Crippen LogP contribution in [-0.2, 0) is 0 Å². The van der Waals surface area contributed by atoms with Crippen LogP contribution in [0.3, 0.4) is 0 Å². The van der Waals surface area contributed by atoms with Crippen molar-refractivity contribution in [1.29, 1.82) is 0 Å². The molecule has 13 aromatic rings. The number of para-hydroxylation sites is 4. The molecule has 5 aromatic heterocycles. The molecule has 0 saturated heterocycles. The molecule has 0 amide bonds. The van der Waals surface area contributed by atoms with Gasteiger partial charge in [-0.3, -0.25) is 15.0 Å². The number of fused-ring (bicyclic) bond motifs is 9. The molecule has 0 atom stereocenters. The van der Waals surface area contributed by atoms with E-state index in [1.165, 1.54) is 32.6 Å². The van der Waals surface area contributed by atoms with Gasteiger partial charge in [-0.05, 0) is 117 Å². The summed E-state index contributed by atoms with van der Waals surface area (Å²) in [6.07, 6.45) is 9.47. The third-order valence-corrected chi connectivity index (χ3v) is 13.0. The molecule has 0 saturated carbocycles. The van der Waals surface area contributed by atoms with Crippen LogP contribution in [0.25, 0.3) is 121 Å². The molecule has 5 heterocycles. The summed E-state index contributed by atoms with van der Waals surface area (Å²) in [5.74, 6) is 0. The number of aromatic nitrogens is 5. The molecule has 0 aliphatic carbocycles. The van der Waals surface area contributed by atoms with Crippen molar-refractivity contribution < 1.29 is 0 Å². The normalized spacial score (nSPS) is 11.8. The van der Waals surface area contributed by atoms with Gasteiger partial charge in [0.25, 0.3) is 0 Å². The standard InChI is InChI=1S/C59H37N5/c1-5-13-53-46(9-1)47-10-2-6-14-54(47)63(53)44-25-26-50-51(35-44)57(42-21-17-38(18-22-42)40-27-31-60-32-28-40)58(43-23-19-39(20-24-43)41-29-33-61-34-30-41)52-36-45(37-62-59(50)52)64-55-15-7-3-11-48(55)49-12-4-8-16-56(49)64/h1-37H. The van der Waals surface area contributed by atoms with Gasteiger partial charge in [0.2, 0.25) is 0 Å². The molecule has 0 fully saturated rings. The van der Waals surface area contributed by atoms with Crippen LogP contribution in [0, 0.1) is 0 Å². The fourth-order valence-corrected chi connectivity index (χ4v) is 10.1. The van der Waals surface area contributed by atoms with Gasteiger partial charge in [0.1, 0.15) is 0 Å². The minimum absolute atomic E-state index is 0.957. The number of hydrogen-bond acceptors (Lipinski definition) is 3. The number of rotatable bonds is 6. The average molecular weight is 816 g/mol. The first kappa shape index (κ1) is 36.0. The van der Waals surface area contributed by atoms with E-state index in [0.717, 1.165) is 88.6 Å². The Hall–Kier alpha value is -8.67. The first-order valence-electron chi connectivity index (χ1n) is 21.7. The highest BCUT2D eigenvalue weighted by Crippen LogP contribution is 2.47. The second kappa shape index (κ2) is 14.5. The Balaban J connectivity index is 1.15. The van der Waals surface area contributed by atoms with Crippen LogP contribution in [0.5, 0.6) is 0 Å². The fourth-order valence-electron chi connectivity index (χ4n) is 10.1. The van der Waals surface area contributed by atoms with Crippen molar-refractivity contribution in [2.45, 2.75) is 0 Å². The molecule has 0 aliphatic rings. The van der Waals surface area contributed by atoms with E-state index in [9.17, 15) is 0 Å². The molecule has 0 N–H and O–H groups in total. The van der Waals surface area contributed by atoms with Crippen LogP contribution >= 0.6 is 0 Å². The van der Waals surface area contributed by atoms with Crippen molar-refractivity contribution in [2.24, 2.45) is 0 Å². The fraction of sp³-hybridized carbons (Fsp3) is 0. The van der Waals surface area contributed by atoms with Gasteiger partial charge in [-0.1, -0.05) is 127 Å². The van der Waals surface area contributed by atoms with E-state index in [2.05, 4.69) is 219 Å². The van der Waals surface area contributed by atoms with Gasteiger partial charge in [0.05, 0.1) is 39.5 Å². The van der Waals surface area contributed by atoms with E-state index < -0.39 is 0 Å². The van der Waals surface area contributed by atoms with Crippen molar-refractivity contribution >= 4 is 65.3 Å². The summed E-state index contributed by atoms with van der Waals surface area (Å²) in [5.41, 5.74) is 16.8. The van der Waals surface area contributed by atoms with E-state index >= 15 is 0 Å². The molecule has 5 nitrogen and oxygen atoms in total. The van der Waals surface area contributed by atoms with E-state index in [-0.39, 0.29) is 0 Å². The second-order valence-electron chi connectivity index (χ2n) is 16.4. The van der Waals surface area contributed by atoms with Crippen molar-refractivity contribution in [2.75, 3.05) is 0 Å². The third-order valence-electron chi connectivity index (χ3n) is 13.0. The SMILES string of the molecule is c1ccc2c(c1)c1ccccc1n2-c1ccc2c(c1)c(-c1ccc(-c3ccncc3)cc1)c(-c1ccc(-c3ccncc3)cc1)c1cc(-n3c4ccccc4c4ccccc43)cnc12. The Bertz CT molecular complexity index is 3560. The molecule has 64 heavy (non-hydrogen) atoms. The van der Waals surface area contributed by atoms with Gasteiger partial charge in [-0.15, -0.1) is 0 Å². The molecule has 0 unspecified atom stereocenters. The van der Waals surface area contributed by atoms with Crippen LogP contribution in [-0.4, -0.2) is 24.1 Å². The van der Waals surface area contributed by atoms with Crippen molar-refractivity contribution in [3.8, 4) is 55.9 Å². The summed E-state index contributed by atoms with van der Waals surface area (Å²) in [6, 6.07) is 70.4. The lowest BCUT2D eigenvalue weighted by molar-refractivity contribution is 1.16. The number of benzene rings is 8. The first-order chi connectivity index (χ1) is 31.8. The van der Waals surface area contributed by atoms with E-state index in [1.54, 1.807) is 0 Å². The van der Waals surface area contributed by atoms with E-state index in [0.29, 0.717) is 0 Å². The van der Waals surface area contributed by atoms with Crippen molar-refractivity contribution in [1.82, 2.24) is 24.1 Å². The smallest absolute Gasteiger partial charge is 0.0788 e. The molecular weight excluding hydrogens is 779 g/mol. The van der Waals surface area contributed by atoms with Crippen LogP contribution in [0.4, 0.5) is 0 Å². The largest absolute Gasteiger partial charge is 0.309 e. The van der Waals surface area contributed by atoms with Crippen molar-refractivity contribution in [3.05, 3.63) is 225 Å². The van der Waals surface area contributed by atoms with Gasteiger partial charge in [0.15, 0.2) is 0 Å². The second-order valence-corrected chi connectivity index (χ2v) is 16.4. The third kappa shape index (κ3) is 5.61. The topological polar surface area (TPSA) is 48.5 Å². The molecule has 0 bridgehead atoms. The Morgan fingerprint density at radius 1 is 0.281 bits per heavy atom. The molecule has 0 aliphatic heterocycles. The van der Waals surface area contributed by atoms with Gasteiger partial charge in [0, 0.05) is 62.8 Å². The van der Waals surface area contributed by atoms with Crippen LogP contribution < -0.4 is 0 Å². The summed E-state index contributed by atoms with van der Waals surface area (Å²) >= 11 is 0. The maximum Gasteiger partial charge on any atom is 0.0788 e. The summed E-state index contributed by atoms with van der Waals surface area (Å²) in [4.78, 5) is 14.0. The molecule has 298 valence electrons. The Morgan fingerprint density at radius 2 is 0.656 bits per heavy atom. The minimum atomic E-state index is 0.957. The molecule has 13 rings (SSSR count). The quantitative estimate of drug-likeness (QED) is 0.157. The van der Waals surface area contributed by atoms with Gasteiger partial charge < -0.3 is 9.13 Å². The maximum absolute atomic E-state index is 5.47. The highest BCUT2D eigenvalue weighted by molar-refractivity contribution is 6.21. The molecule has 0 spiro atoms. The zero-order valence-electron chi connectivity index (χ0n) is 34.6. The van der Waals surface area contributed by atoms with Gasteiger partial charge in [-0.2, -0.15) is 0 Å². The minimum Gasteiger partial charge on any atom is -0.309 e. The van der Waals surface area contributed by atoms with Gasteiger partial charge >= 0.3 is 0 Å². The van der Waals surface area contributed by atoms with E-state index in [4.69, 9.17) is 4.98 Å². The lowest BCUT2D eigenvalue weighted by Gasteiger charge is -2.21. The van der Waals surface area contributed by atoms with E-state index in [1.807, 2.05) is 24.8 Å². The molecule has 8 aromatic carbocycles. The zero-order valence-corrected chi connectivity index (χ0v) is 34.6. The lowest BCUT2D eigenvalue weighted by Crippen LogP contribution is -1.99. The maximum atomic E-state index is 5.47. The Morgan fingerprint density at radius 3 is 1.12 bits per heavy atom. The van der Waals surface area contributed by atoms with Crippen LogP contribution in [0.15, 0.2) is 225 Å². The Kier molecular flexibility index (Phi) is 8.15. The average Bonchev–Trinajstić information content (AvgIpc) is 3.89. The van der Waals surface area contributed by atoms with Crippen molar-refractivity contribution in [3.63, 3.8) is 0 Å². The van der Waals surface area contributed by atoms with Gasteiger partial charge in [-0.25, -0.2) is 0 Å². The summed E-state index contributed by atoms with van der Waals surface area (Å²) in [7, 11) is 0. The highest BCUT2D eigenvalue weighted by Gasteiger charge is 2.22. The zero-order chi connectivity index (χ0) is 42.1. The monoisotopic (exact) mass is 815 g/mol. The predicted molar refractivity (Wildman–Crippen MR) is 265 cm³/mol. The molecule has 0 radical (unpaired) electrons. The van der Waals surface area contributed by atoms with Crippen LogP contribution in [0.1, 0.15) is 0 Å². The number of nitrogens with zero attached hydrogens (tertiary/aromatic N) is 5. The number of hydrogen-bond donors (Lipinski definition) is 0. The predicted octanol–water partition coefficient (Wildman–Crippen LogP) is 15.0.